The van der Waals surface area contributed by atoms with E-state index in [1.54, 1.807) is 24.4 Å². The van der Waals surface area contributed by atoms with Crippen LogP contribution in [-0.4, -0.2) is 11.6 Å². The molecule has 0 amide bonds. The molecule has 1 heterocycles. The standard InChI is InChI=1S/C15H13F2N3O/c1-2-21-15-14(4-3-5-19-15)20-9-11-12(16)6-10(8-18)7-13(11)17/h3-7,20H,2,9H2,1H3. The minimum absolute atomic E-state index is 0.0508. The van der Waals surface area contributed by atoms with Gasteiger partial charge in [0, 0.05) is 18.3 Å². The van der Waals surface area contributed by atoms with Crippen molar-refractivity contribution in [1.29, 1.82) is 5.26 Å². The maximum Gasteiger partial charge on any atom is 0.237 e. The third kappa shape index (κ3) is 3.45. The van der Waals surface area contributed by atoms with Crippen LogP contribution in [0.3, 0.4) is 0 Å². The number of halogens is 2. The highest BCUT2D eigenvalue weighted by atomic mass is 19.1. The Labute approximate surface area is 121 Å². The van der Waals surface area contributed by atoms with Crippen molar-refractivity contribution >= 4 is 5.69 Å². The third-order valence-electron chi connectivity index (χ3n) is 2.78. The molecule has 0 saturated carbocycles. The zero-order chi connectivity index (χ0) is 15.2. The monoisotopic (exact) mass is 289 g/mol. The van der Waals surface area contributed by atoms with Crippen molar-refractivity contribution < 1.29 is 13.5 Å². The predicted molar refractivity (Wildman–Crippen MR) is 73.8 cm³/mol. The predicted octanol–water partition coefficient (Wildman–Crippen LogP) is 3.24. The van der Waals surface area contributed by atoms with Gasteiger partial charge in [-0.2, -0.15) is 5.26 Å². The molecule has 0 unspecified atom stereocenters. The van der Waals surface area contributed by atoms with E-state index in [1.165, 1.54) is 0 Å². The highest BCUT2D eigenvalue weighted by Crippen LogP contribution is 2.23. The first-order valence-electron chi connectivity index (χ1n) is 6.35. The van der Waals surface area contributed by atoms with Gasteiger partial charge in [0.15, 0.2) is 0 Å². The average molecular weight is 289 g/mol. The van der Waals surface area contributed by atoms with Crippen LogP contribution in [0, 0.1) is 23.0 Å². The van der Waals surface area contributed by atoms with Crippen molar-refractivity contribution in [2.45, 2.75) is 13.5 Å². The van der Waals surface area contributed by atoms with Crippen molar-refractivity contribution in [2.24, 2.45) is 0 Å². The van der Waals surface area contributed by atoms with Gasteiger partial charge in [-0.05, 0) is 31.2 Å². The van der Waals surface area contributed by atoms with E-state index < -0.39 is 11.6 Å². The largest absolute Gasteiger partial charge is 0.476 e. The number of hydrogen-bond acceptors (Lipinski definition) is 4. The maximum absolute atomic E-state index is 13.8. The molecule has 0 saturated heterocycles. The maximum atomic E-state index is 13.8. The topological polar surface area (TPSA) is 57.9 Å². The SMILES string of the molecule is CCOc1ncccc1NCc1c(F)cc(C#N)cc1F. The molecule has 0 radical (unpaired) electrons. The van der Waals surface area contributed by atoms with Crippen molar-refractivity contribution in [3.8, 4) is 11.9 Å². The lowest BCUT2D eigenvalue weighted by Crippen LogP contribution is -2.07. The van der Waals surface area contributed by atoms with Crippen molar-refractivity contribution in [3.05, 3.63) is 53.2 Å². The Morgan fingerprint density at radius 1 is 1.33 bits per heavy atom. The van der Waals surface area contributed by atoms with Gasteiger partial charge in [0.2, 0.25) is 5.88 Å². The second kappa shape index (κ2) is 6.66. The van der Waals surface area contributed by atoms with Crippen molar-refractivity contribution in [1.82, 2.24) is 4.98 Å². The van der Waals surface area contributed by atoms with E-state index in [2.05, 4.69) is 10.3 Å². The van der Waals surface area contributed by atoms with E-state index in [0.29, 0.717) is 18.2 Å². The van der Waals surface area contributed by atoms with Gasteiger partial charge in [0.25, 0.3) is 0 Å². The molecule has 1 N–H and O–H groups in total. The Morgan fingerprint density at radius 3 is 2.67 bits per heavy atom. The van der Waals surface area contributed by atoms with Crippen LogP contribution in [0.5, 0.6) is 5.88 Å². The fraction of sp³-hybridized carbons (Fsp3) is 0.200. The van der Waals surface area contributed by atoms with Gasteiger partial charge in [-0.15, -0.1) is 0 Å². The number of ether oxygens (including phenoxy) is 1. The molecule has 0 bridgehead atoms. The van der Waals surface area contributed by atoms with Gasteiger partial charge >= 0.3 is 0 Å². The van der Waals surface area contributed by atoms with Crippen LogP contribution < -0.4 is 10.1 Å². The molecule has 0 aliphatic rings. The smallest absolute Gasteiger partial charge is 0.237 e. The first kappa shape index (κ1) is 14.7. The van der Waals surface area contributed by atoms with Crippen LogP contribution in [0.4, 0.5) is 14.5 Å². The normalized spacial score (nSPS) is 10.0. The van der Waals surface area contributed by atoms with Crippen molar-refractivity contribution in [2.75, 3.05) is 11.9 Å². The van der Waals surface area contributed by atoms with Crippen LogP contribution in [-0.2, 0) is 6.54 Å². The number of nitriles is 1. The molecule has 0 atom stereocenters. The van der Waals surface area contributed by atoms with Crippen LogP contribution in [0.15, 0.2) is 30.5 Å². The zero-order valence-corrected chi connectivity index (χ0v) is 11.4. The molecule has 0 fully saturated rings. The first-order chi connectivity index (χ1) is 10.2. The van der Waals surface area contributed by atoms with Gasteiger partial charge in [-0.1, -0.05) is 0 Å². The number of hydrogen-bond donors (Lipinski definition) is 1. The summed E-state index contributed by atoms with van der Waals surface area (Å²) in [6.07, 6.45) is 1.57. The molecule has 2 aromatic rings. The van der Waals surface area contributed by atoms with Crippen LogP contribution in [0.1, 0.15) is 18.1 Å². The fourth-order valence-corrected chi connectivity index (χ4v) is 1.80. The van der Waals surface area contributed by atoms with E-state index in [9.17, 15) is 8.78 Å². The Bertz CT molecular complexity index is 660. The number of aromatic nitrogens is 1. The van der Waals surface area contributed by atoms with E-state index in [-0.39, 0.29) is 17.7 Å². The molecule has 4 nitrogen and oxygen atoms in total. The second-order valence-corrected chi connectivity index (χ2v) is 4.17. The molecule has 0 aliphatic heterocycles. The Hall–Kier alpha value is -2.68. The van der Waals surface area contributed by atoms with Gasteiger partial charge in [0.05, 0.1) is 23.9 Å². The summed E-state index contributed by atoms with van der Waals surface area (Å²) in [6.45, 7) is 2.18. The molecule has 0 aliphatic carbocycles. The molecule has 2 rings (SSSR count). The summed E-state index contributed by atoms with van der Waals surface area (Å²) >= 11 is 0. The summed E-state index contributed by atoms with van der Waals surface area (Å²) < 4.78 is 32.9. The van der Waals surface area contributed by atoms with Gasteiger partial charge < -0.3 is 10.1 Å². The molecule has 0 spiro atoms. The Balaban J connectivity index is 2.19. The Morgan fingerprint density at radius 2 is 2.05 bits per heavy atom. The van der Waals surface area contributed by atoms with E-state index >= 15 is 0 Å². The van der Waals surface area contributed by atoms with Gasteiger partial charge in [0.1, 0.15) is 11.6 Å². The summed E-state index contributed by atoms with van der Waals surface area (Å²) in [6, 6.07) is 7.12. The number of benzene rings is 1. The summed E-state index contributed by atoms with van der Waals surface area (Å²) in [4.78, 5) is 4.04. The number of pyridine rings is 1. The summed E-state index contributed by atoms with van der Waals surface area (Å²) in [5.41, 5.74) is 0.355. The van der Waals surface area contributed by atoms with E-state index in [4.69, 9.17) is 10.00 Å². The van der Waals surface area contributed by atoms with Crippen LogP contribution in [0.2, 0.25) is 0 Å². The molecule has 21 heavy (non-hydrogen) atoms. The number of nitrogens with one attached hydrogen (secondary N) is 1. The number of nitrogens with zero attached hydrogens (tertiary/aromatic N) is 2. The molecule has 1 aromatic carbocycles. The molecular formula is C15H13F2N3O. The van der Waals surface area contributed by atoms with E-state index in [0.717, 1.165) is 12.1 Å². The average Bonchev–Trinajstić information content (AvgIpc) is 2.48. The minimum atomic E-state index is -0.763. The molecule has 1 aromatic heterocycles. The van der Waals surface area contributed by atoms with Crippen molar-refractivity contribution in [3.63, 3.8) is 0 Å². The summed E-state index contributed by atoms with van der Waals surface area (Å²) in [5, 5.41) is 11.5. The number of anilines is 1. The fourth-order valence-electron chi connectivity index (χ4n) is 1.80. The van der Waals surface area contributed by atoms with Gasteiger partial charge in [-0.3, -0.25) is 0 Å². The summed E-state index contributed by atoms with van der Waals surface area (Å²) in [5.74, 6) is -1.16. The third-order valence-corrected chi connectivity index (χ3v) is 2.78. The van der Waals surface area contributed by atoms with Crippen LogP contribution in [0.25, 0.3) is 0 Å². The summed E-state index contributed by atoms with van der Waals surface area (Å²) in [7, 11) is 0. The Kier molecular flexibility index (Phi) is 4.67. The molecule has 108 valence electrons. The zero-order valence-electron chi connectivity index (χ0n) is 11.4. The second-order valence-electron chi connectivity index (χ2n) is 4.17. The lowest BCUT2D eigenvalue weighted by Gasteiger charge is -2.12. The van der Waals surface area contributed by atoms with Crippen LogP contribution >= 0.6 is 0 Å². The van der Waals surface area contributed by atoms with E-state index in [1.807, 2.05) is 6.92 Å². The highest BCUT2D eigenvalue weighted by molar-refractivity contribution is 5.52. The quantitative estimate of drug-likeness (QED) is 0.918. The first-order valence-corrected chi connectivity index (χ1v) is 6.35. The molecular weight excluding hydrogens is 276 g/mol. The number of rotatable bonds is 5. The minimum Gasteiger partial charge on any atom is -0.476 e. The van der Waals surface area contributed by atoms with Gasteiger partial charge in [-0.25, -0.2) is 13.8 Å². The highest BCUT2D eigenvalue weighted by Gasteiger charge is 2.12. The molecule has 6 heteroatoms. The lowest BCUT2D eigenvalue weighted by atomic mass is 10.1. The lowest BCUT2D eigenvalue weighted by molar-refractivity contribution is 0.328.